The molecule has 1 heterocycles. The number of carbonyl (C=O) groups is 1. The highest BCUT2D eigenvalue weighted by Crippen LogP contribution is 2.68. The molecule has 1 fully saturated rings. The van der Waals surface area contributed by atoms with Crippen LogP contribution >= 0.6 is 11.3 Å². The van der Waals surface area contributed by atoms with Gasteiger partial charge in [0.25, 0.3) is 0 Å². The smallest absolute Gasteiger partial charge is 0.230 e. The maximum Gasteiger partial charge on any atom is 0.230 e. The first kappa shape index (κ1) is 15.4. The van der Waals surface area contributed by atoms with Gasteiger partial charge in [0.05, 0.1) is 5.69 Å². The summed E-state index contributed by atoms with van der Waals surface area (Å²) in [5.41, 5.74) is 1.11. The van der Waals surface area contributed by atoms with Crippen LogP contribution in [0.1, 0.15) is 53.3 Å². The molecule has 1 aromatic rings. The van der Waals surface area contributed by atoms with Crippen LogP contribution in [0.5, 0.6) is 0 Å². The highest BCUT2D eigenvalue weighted by Gasteiger charge is 2.68. The molecule has 20 heavy (non-hydrogen) atoms. The molecule has 0 saturated heterocycles. The van der Waals surface area contributed by atoms with Crippen LogP contribution in [-0.2, 0) is 4.79 Å². The van der Waals surface area contributed by atoms with E-state index in [-0.39, 0.29) is 28.7 Å². The SMILES string of the molecule is CCNC(C)c1csc(NC(=O)C2C(C)(C)C2(C)C)n1. The molecule has 1 aliphatic carbocycles. The standard InChI is InChI=1S/C15H25N3OS/c1-7-16-9(2)10-8-20-13(17-10)18-12(19)11-14(3,4)15(11,5)6/h8-9,11,16H,7H2,1-6H3,(H,17,18,19). The summed E-state index contributed by atoms with van der Waals surface area (Å²) in [6.07, 6.45) is 0. The molecule has 112 valence electrons. The van der Waals surface area contributed by atoms with E-state index in [0.717, 1.165) is 12.2 Å². The van der Waals surface area contributed by atoms with E-state index in [9.17, 15) is 4.79 Å². The summed E-state index contributed by atoms with van der Waals surface area (Å²) >= 11 is 1.49. The van der Waals surface area contributed by atoms with Gasteiger partial charge in [-0.05, 0) is 24.3 Å². The third-order valence-electron chi connectivity index (χ3n) is 4.99. The number of thiazole rings is 1. The monoisotopic (exact) mass is 295 g/mol. The van der Waals surface area contributed by atoms with Gasteiger partial charge in [0.2, 0.25) is 5.91 Å². The number of nitrogens with one attached hydrogen (secondary N) is 2. The largest absolute Gasteiger partial charge is 0.309 e. The Morgan fingerprint density at radius 3 is 2.50 bits per heavy atom. The van der Waals surface area contributed by atoms with E-state index < -0.39 is 0 Å². The molecule has 5 heteroatoms. The number of hydrogen-bond acceptors (Lipinski definition) is 4. The predicted octanol–water partition coefficient (Wildman–Crippen LogP) is 3.43. The molecule has 0 radical (unpaired) electrons. The topological polar surface area (TPSA) is 54.0 Å². The Hall–Kier alpha value is -0.940. The van der Waals surface area contributed by atoms with E-state index in [4.69, 9.17) is 0 Å². The zero-order valence-corrected chi connectivity index (χ0v) is 14.0. The minimum absolute atomic E-state index is 0.0635. The quantitative estimate of drug-likeness (QED) is 0.875. The summed E-state index contributed by atoms with van der Waals surface area (Å²) in [7, 11) is 0. The van der Waals surface area contributed by atoms with Crippen molar-refractivity contribution in [2.75, 3.05) is 11.9 Å². The number of hydrogen-bond donors (Lipinski definition) is 2. The first-order valence-electron chi connectivity index (χ1n) is 7.21. The van der Waals surface area contributed by atoms with Gasteiger partial charge in [-0.3, -0.25) is 4.79 Å². The molecule has 2 N–H and O–H groups in total. The van der Waals surface area contributed by atoms with E-state index in [2.05, 4.69) is 57.2 Å². The number of carbonyl (C=O) groups excluding carboxylic acids is 1. The van der Waals surface area contributed by atoms with Gasteiger partial charge < -0.3 is 10.6 Å². The second-order valence-electron chi connectivity index (χ2n) is 6.72. The van der Waals surface area contributed by atoms with Crippen molar-refractivity contribution in [2.24, 2.45) is 16.7 Å². The number of aromatic nitrogens is 1. The molecule has 0 aliphatic heterocycles. The van der Waals surface area contributed by atoms with Crippen LogP contribution in [-0.4, -0.2) is 17.4 Å². The van der Waals surface area contributed by atoms with Gasteiger partial charge in [0, 0.05) is 17.3 Å². The maximum absolute atomic E-state index is 12.4. The Kier molecular flexibility index (Phi) is 3.95. The fourth-order valence-corrected chi connectivity index (χ4v) is 3.79. The van der Waals surface area contributed by atoms with Crippen molar-refractivity contribution in [1.82, 2.24) is 10.3 Å². The first-order valence-corrected chi connectivity index (χ1v) is 8.09. The van der Waals surface area contributed by atoms with Crippen molar-refractivity contribution >= 4 is 22.4 Å². The predicted molar refractivity (Wildman–Crippen MR) is 83.9 cm³/mol. The molecule has 0 spiro atoms. The van der Waals surface area contributed by atoms with Gasteiger partial charge >= 0.3 is 0 Å². The zero-order valence-electron chi connectivity index (χ0n) is 13.2. The lowest BCUT2D eigenvalue weighted by Crippen LogP contribution is -2.19. The number of rotatable bonds is 5. The average molecular weight is 295 g/mol. The van der Waals surface area contributed by atoms with Gasteiger partial charge in [-0.2, -0.15) is 0 Å². The van der Waals surface area contributed by atoms with Crippen LogP contribution in [0.2, 0.25) is 0 Å². The molecule has 1 saturated carbocycles. The van der Waals surface area contributed by atoms with Crippen LogP contribution in [0.4, 0.5) is 5.13 Å². The fourth-order valence-electron chi connectivity index (χ4n) is 2.98. The molecule has 1 amide bonds. The lowest BCUT2D eigenvalue weighted by molar-refractivity contribution is -0.118. The molecular formula is C15H25N3OS. The van der Waals surface area contributed by atoms with E-state index in [0.29, 0.717) is 5.13 Å². The van der Waals surface area contributed by atoms with Gasteiger partial charge in [0.1, 0.15) is 0 Å². The second kappa shape index (κ2) is 5.11. The van der Waals surface area contributed by atoms with Crippen molar-refractivity contribution < 1.29 is 4.79 Å². The molecular weight excluding hydrogens is 270 g/mol. The Morgan fingerprint density at radius 2 is 2.00 bits per heavy atom. The Bertz CT molecular complexity index is 493. The molecule has 1 aromatic heterocycles. The molecule has 4 nitrogen and oxygen atoms in total. The van der Waals surface area contributed by atoms with Crippen LogP contribution < -0.4 is 10.6 Å². The van der Waals surface area contributed by atoms with Crippen LogP contribution in [0.25, 0.3) is 0 Å². The van der Waals surface area contributed by atoms with Crippen molar-refractivity contribution in [3.63, 3.8) is 0 Å². The highest BCUT2D eigenvalue weighted by molar-refractivity contribution is 7.13. The number of nitrogens with zero attached hydrogens (tertiary/aromatic N) is 1. The van der Waals surface area contributed by atoms with Gasteiger partial charge in [-0.25, -0.2) is 4.98 Å². The van der Waals surface area contributed by atoms with E-state index in [1.165, 1.54) is 11.3 Å². The van der Waals surface area contributed by atoms with E-state index >= 15 is 0 Å². The van der Waals surface area contributed by atoms with Crippen molar-refractivity contribution in [3.05, 3.63) is 11.1 Å². The normalized spacial score (nSPS) is 21.5. The molecule has 1 unspecified atom stereocenters. The van der Waals surface area contributed by atoms with Crippen LogP contribution in [0, 0.1) is 16.7 Å². The fraction of sp³-hybridized carbons (Fsp3) is 0.733. The van der Waals surface area contributed by atoms with E-state index in [1.807, 2.05) is 5.38 Å². The van der Waals surface area contributed by atoms with Gasteiger partial charge in [-0.1, -0.05) is 34.6 Å². The molecule has 0 bridgehead atoms. The first-order chi connectivity index (χ1) is 9.21. The Balaban J connectivity index is 2.00. The van der Waals surface area contributed by atoms with Crippen molar-refractivity contribution in [1.29, 1.82) is 0 Å². The average Bonchev–Trinajstić information content (AvgIpc) is 2.68. The zero-order chi connectivity index (χ0) is 15.1. The summed E-state index contributed by atoms with van der Waals surface area (Å²) in [5.74, 6) is 0.158. The molecule has 2 rings (SSSR count). The third kappa shape index (κ3) is 2.49. The maximum atomic E-state index is 12.4. The Morgan fingerprint density at radius 1 is 1.40 bits per heavy atom. The summed E-state index contributed by atoms with van der Waals surface area (Å²) in [5, 5.41) is 9.00. The minimum atomic E-state index is 0.0635. The van der Waals surface area contributed by atoms with Crippen LogP contribution in [0.15, 0.2) is 5.38 Å². The van der Waals surface area contributed by atoms with Crippen molar-refractivity contribution in [2.45, 2.75) is 47.6 Å². The summed E-state index contributed by atoms with van der Waals surface area (Å²) in [4.78, 5) is 16.8. The summed E-state index contributed by atoms with van der Waals surface area (Å²) in [6, 6.07) is 0.218. The lowest BCUT2D eigenvalue weighted by Gasteiger charge is -2.08. The summed E-state index contributed by atoms with van der Waals surface area (Å²) < 4.78 is 0. The van der Waals surface area contributed by atoms with E-state index in [1.54, 1.807) is 0 Å². The van der Waals surface area contributed by atoms with Crippen molar-refractivity contribution in [3.8, 4) is 0 Å². The summed E-state index contributed by atoms with van der Waals surface area (Å²) in [6.45, 7) is 13.7. The molecule has 0 aromatic carbocycles. The Labute approximate surface area is 125 Å². The van der Waals surface area contributed by atoms with Gasteiger partial charge in [0.15, 0.2) is 5.13 Å². The highest BCUT2D eigenvalue weighted by atomic mass is 32.1. The minimum Gasteiger partial charge on any atom is -0.309 e. The number of amides is 1. The van der Waals surface area contributed by atoms with Gasteiger partial charge in [-0.15, -0.1) is 11.3 Å². The molecule has 1 aliphatic rings. The number of anilines is 1. The van der Waals surface area contributed by atoms with Crippen LogP contribution in [0.3, 0.4) is 0 Å². The second-order valence-corrected chi connectivity index (χ2v) is 7.58. The molecule has 1 atom stereocenters. The lowest BCUT2D eigenvalue weighted by atomic mass is 10.0. The third-order valence-corrected chi connectivity index (χ3v) is 5.76.